The van der Waals surface area contributed by atoms with Crippen LogP contribution in [-0.2, 0) is 0 Å². The van der Waals surface area contributed by atoms with Gasteiger partial charge in [-0.15, -0.1) is 0 Å². The number of nitrogens with one attached hydrogen (secondary N) is 1. The van der Waals surface area contributed by atoms with Crippen LogP contribution in [0.5, 0.6) is 0 Å². The third kappa shape index (κ3) is 3.12. The van der Waals surface area contributed by atoms with Crippen LogP contribution in [0.3, 0.4) is 0 Å². The second-order valence-corrected chi connectivity index (χ2v) is 5.51. The van der Waals surface area contributed by atoms with Gasteiger partial charge in [0.2, 0.25) is 5.95 Å². The van der Waals surface area contributed by atoms with Crippen LogP contribution in [0.4, 0.5) is 11.8 Å². The van der Waals surface area contributed by atoms with Crippen molar-refractivity contribution in [3.8, 4) is 0 Å². The van der Waals surface area contributed by atoms with E-state index in [2.05, 4.69) is 47.9 Å². The monoisotopic (exact) mass is 248 g/mol. The predicted octanol–water partition coefficient (Wildman–Crippen LogP) is 2.84. The standard InChI is InChI=1S/C14H24N4/c1-5-15-14-16-8-11(4)13(17-14)18(9-10(2)3)12-6-7-12/h8,10,12H,5-7,9H2,1-4H3,(H,15,16,17). The molecule has 1 aliphatic carbocycles. The highest BCUT2D eigenvalue weighted by Gasteiger charge is 2.31. The van der Waals surface area contributed by atoms with Crippen molar-refractivity contribution in [2.24, 2.45) is 5.92 Å². The molecule has 1 aromatic rings. The van der Waals surface area contributed by atoms with Crippen molar-refractivity contribution >= 4 is 11.8 Å². The maximum Gasteiger partial charge on any atom is 0.224 e. The molecule has 2 rings (SSSR count). The summed E-state index contributed by atoms with van der Waals surface area (Å²) in [5.74, 6) is 2.51. The highest BCUT2D eigenvalue weighted by atomic mass is 15.3. The van der Waals surface area contributed by atoms with E-state index in [4.69, 9.17) is 0 Å². The minimum Gasteiger partial charge on any atom is -0.354 e. The molecule has 0 saturated heterocycles. The van der Waals surface area contributed by atoms with Crippen LogP contribution >= 0.6 is 0 Å². The Morgan fingerprint density at radius 2 is 2.17 bits per heavy atom. The van der Waals surface area contributed by atoms with E-state index in [0.717, 1.165) is 24.9 Å². The molecular formula is C14H24N4. The molecule has 1 aromatic heterocycles. The lowest BCUT2D eigenvalue weighted by Gasteiger charge is -2.27. The van der Waals surface area contributed by atoms with Gasteiger partial charge in [-0.1, -0.05) is 13.8 Å². The van der Waals surface area contributed by atoms with E-state index in [0.29, 0.717) is 12.0 Å². The lowest BCUT2D eigenvalue weighted by Crippen LogP contribution is -2.31. The average molecular weight is 248 g/mol. The SMILES string of the molecule is CCNc1ncc(C)c(N(CC(C)C)C2CC2)n1. The highest BCUT2D eigenvalue weighted by molar-refractivity contribution is 5.50. The fourth-order valence-corrected chi connectivity index (χ4v) is 2.16. The Kier molecular flexibility index (Phi) is 4.04. The molecule has 0 spiro atoms. The van der Waals surface area contributed by atoms with Crippen LogP contribution in [0.1, 0.15) is 39.2 Å². The maximum atomic E-state index is 4.68. The van der Waals surface area contributed by atoms with Crippen molar-refractivity contribution in [1.82, 2.24) is 9.97 Å². The molecule has 1 aliphatic rings. The predicted molar refractivity (Wildman–Crippen MR) is 76.1 cm³/mol. The lowest BCUT2D eigenvalue weighted by molar-refractivity contribution is 0.601. The van der Waals surface area contributed by atoms with Gasteiger partial charge in [0.25, 0.3) is 0 Å². The average Bonchev–Trinajstić information content (AvgIpc) is 3.13. The maximum absolute atomic E-state index is 4.68. The van der Waals surface area contributed by atoms with Crippen molar-refractivity contribution in [1.29, 1.82) is 0 Å². The van der Waals surface area contributed by atoms with Crippen molar-refractivity contribution < 1.29 is 0 Å². The van der Waals surface area contributed by atoms with Gasteiger partial charge in [-0.2, -0.15) is 4.98 Å². The summed E-state index contributed by atoms with van der Waals surface area (Å²) in [7, 11) is 0. The second kappa shape index (κ2) is 5.55. The molecule has 4 heteroatoms. The summed E-state index contributed by atoms with van der Waals surface area (Å²) in [6.45, 7) is 10.6. The van der Waals surface area contributed by atoms with Gasteiger partial charge in [-0.05, 0) is 32.6 Å². The Hall–Kier alpha value is -1.32. The largest absolute Gasteiger partial charge is 0.354 e. The molecule has 0 aromatic carbocycles. The number of hydrogen-bond acceptors (Lipinski definition) is 4. The van der Waals surface area contributed by atoms with Crippen LogP contribution in [0.2, 0.25) is 0 Å². The summed E-state index contributed by atoms with van der Waals surface area (Å²) in [6, 6.07) is 0.690. The van der Waals surface area contributed by atoms with E-state index in [1.54, 1.807) is 0 Å². The number of aryl methyl sites for hydroxylation is 1. The Balaban J connectivity index is 2.24. The van der Waals surface area contributed by atoms with Gasteiger partial charge < -0.3 is 10.2 Å². The van der Waals surface area contributed by atoms with Crippen LogP contribution in [0, 0.1) is 12.8 Å². The van der Waals surface area contributed by atoms with E-state index in [1.807, 2.05) is 6.20 Å². The molecule has 4 nitrogen and oxygen atoms in total. The quantitative estimate of drug-likeness (QED) is 0.840. The van der Waals surface area contributed by atoms with Crippen molar-refractivity contribution in [2.75, 3.05) is 23.3 Å². The summed E-state index contributed by atoms with van der Waals surface area (Å²) in [5, 5.41) is 3.19. The molecule has 1 fully saturated rings. The number of rotatable bonds is 6. The van der Waals surface area contributed by atoms with Gasteiger partial charge in [-0.3, -0.25) is 0 Å². The lowest BCUT2D eigenvalue weighted by atomic mass is 10.2. The van der Waals surface area contributed by atoms with Crippen LogP contribution in [-0.4, -0.2) is 29.1 Å². The minimum absolute atomic E-state index is 0.655. The first-order valence-electron chi connectivity index (χ1n) is 6.96. The summed E-state index contributed by atoms with van der Waals surface area (Å²) in [6.07, 6.45) is 4.52. The molecule has 0 atom stereocenters. The highest BCUT2D eigenvalue weighted by Crippen LogP contribution is 2.33. The summed E-state index contributed by atoms with van der Waals surface area (Å²) >= 11 is 0. The van der Waals surface area contributed by atoms with Gasteiger partial charge in [0.15, 0.2) is 0 Å². The third-order valence-electron chi connectivity index (χ3n) is 3.10. The molecular weight excluding hydrogens is 224 g/mol. The number of aromatic nitrogens is 2. The van der Waals surface area contributed by atoms with Gasteiger partial charge in [0.05, 0.1) is 0 Å². The van der Waals surface area contributed by atoms with Crippen LogP contribution < -0.4 is 10.2 Å². The Morgan fingerprint density at radius 1 is 1.44 bits per heavy atom. The summed E-state index contributed by atoms with van der Waals surface area (Å²) in [4.78, 5) is 11.5. The van der Waals surface area contributed by atoms with Crippen molar-refractivity contribution in [3.05, 3.63) is 11.8 Å². The molecule has 1 saturated carbocycles. The van der Waals surface area contributed by atoms with Crippen molar-refractivity contribution in [3.63, 3.8) is 0 Å². The molecule has 100 valence electrons. The second-order valence-electron chi connectivity index (χ2n) is 5.51. The van der Waals surface area contributed by atoms with Gasteiger partial charge in [0, 0.05) is 30.9 Å². The summed E-state index contributed by atoms with van der Waals surface area (Å²) < 4.78 is 0. The first-order chi connectivity index (χ1) is 8.61. The fourth-order valence-electron chi connectivity index (χ4n) is 2.16. The zero-order chi connectivity index (χ0) is 13.1. The normalized spacial score (nSPS) is 14.9. The van der Waals surface area contributed by atoms with Crippen molar-refractivity contribution in [2.45, 2.75) is 46.6 Å². The molecule has 0 amide bonds. The molecule has 0 unspecified atom stereocenters. The molecule has 0 bridgehead atoms. The van der Waals surface area contributed by atoms with Gasteiger partial charge in [0.1, 0.15) is 5.82 Å². The van der Waals surface area contributed by atoms with Crippen LogP contribution in [0.25, 0.3) is 0 Å². The Morgan fingerprint density at radius 3 is 2.72 bits per heavy atom. The third-order valence-corrected chi connectivity index (χ3v) is 3.10. The molecule has 0 aliphatic heterocycles. The molecule has 1 N–H and O–H groups in total. The van der Waals surface area contributed by atoms with E-state index in [9.17, 15) is 0 Å². The summed E-state index contributed by atoms with van der Waals surface area (Å²) in [5.41, 5.74) is 1.17. The number of anilines is 2. The molecule has 1 heterocycles. The zero-order valence-corrected chi connectivity index (χ0v) is 11.9. The van der Waals surface area contributed by atoms with E-state index in [-0.39, 0.29) is 0 Å². The van der Waals surface area contributed by atoms with Gasteiger partial charge in [-0.25, -0.2) is 4.98 Å². The molecule has 18 heavy (non-hydrogen) atoms. The number of hydrogen-bond donors (Lipinski definition) is 1. The zero-order valence-electron chi connectivity index (χ0n) is 11.9. The topological polar surface area (TPSA) is 41.1 Å². The van der Waals surface area contributed by atoms with E-state index < -0.39 is 0 Å². The van der Waals surface area contributed by atoms with E-state index >= 15 is 0 Å². The van der Waals surface area contributed by atoms with Crippen LogP contribution in [0.15, 0.2) is 6.20 Å². The first kappa shape index (κ1) is 13.1. The smallest absolute Gasteiger partial charge is 0.224 e. The van der Waals surface area contributed by atoms with E-state index in [1.165, 1.54) is 18.4 Å². The Bertz CT molecular complexity index is 399. The first-order valence-corrected chi connectivity index (χ1v) is 6.96. The minimum atomic E-state index is 0.655. The fraction of sp³-hybridized carbons (Fsp3) is 0.714. The van der Waals surface area contributed by atoms with Gasteiger partial charge >= 0.3 is 0 Å². The molecule has 0 radical (unpaired) electrons. The Labute approximate surface area is 110 Å². The number of nitrogens with zero attached hydrogens (tertiary/aromatic N) is 3.